The summed E-state index contributed by atoms with van der Waals surface area (Å²) in [6.07, 6.45) is 3.41. The van der Waals surface area contributed by atoms with Gasteiger partial charge in [0.2, 0.25) is 0 Å². The first-order valence-corrected chi connectivity index (χ1v) is 9.47. The number of hydrogen-bond acceptors (Lipinski definition) is 5. The summed E-state index contributed by atoms with van der Waals surface area (Å²) in [7, 11) is 1.85. The largest absolute Gasteiger partial charge is 0.487 e. The number of aromatic nitrogens is 6. The van der Waals surface area contributed by atoms with Gasteiger partial charge in [0, 0.05) is 12.6 Å². The Kier molecular flexibility index (Phi) is 4.17. The second-order valence-corrected chi connectivity index (χ2v) is 7.28. The fourth-order valence-corrected chi connectivity index (χ4v) is 3.42. The molecule has 0 unspecified atom stereocenters. The van der Waals surface area contributed by atoms with Gasteiger partial charge in [-0.15, -0.1) is 5.10 Å². The molecule has 5 rings (SSSR count). The molecule has 0 amide bonds. The Morgan fingerprint density at radius 2 is 2.00 bits per heavy atom. The van der Waals surface area contributed by atoms with E-state index in [1.165, 1.54) is 0 Å². The zero-order valence-corrected chi connectivity index (χ0v) is 16.6. The molecular weight excluding hydrogens is 388 g/mol. The van der Waals surface area contributed by atoms with Crippen LogP contribution < -0.4 is 4.74 Å². The molecule has 2 aromatic carbocycles. The number of fused-ring (bicyclic) bond motifs is 3. The Morgan fingerprint density at radius 3 is 2.90 bits per heavy atom. The lowest BCUT2D eigenvalue weighted by molar-refractivity contribution is 0.306. The Hall–Kier alpha value is -3.45. The first-order chi connectivity index (χ1) is 14.1. The minimum Gasteiger partial charge on any atom is -0.487 e. The molecule has 29 heavy (non-hydrogen) atoms. The molecule has 0 N–H and O–H groups in total. The average molecular weight is 405 g/mol. The summed E-state index contributed by atoms with van der Waals surface area (Å²) in [5.41, 5.74) is 4.51. The van der Waals surface area contributed by atoms with Gasteiger partial charge in [-0.2, -0.15) is 5.10 Å². The highest BCUT2D eigenvalue weighted by Crippen LogP contribution is 2.27. The molecule has 0 atom stereocenters. The number of halogens is 1. The molecule has 0 radical (unpaired) electrons. The zero-order valence-electron chi connectivity index (χ0n) is 15.9. The molecule has 0 bridgehead atoms. The fourth-order valence-electron chi connectivity index (χ4n) is 3.24. The normalized spacial score (nSPS) is 11.4. The monoisotopic (exact) mass is 404 g/mol. The molecule has 3 heterocycles. The second kappa shape index (κ2) is 6.86. The summed E-state index contributed by atoms with van der Waals surface area (Å²) in [5, 5.41) is 10.3. The molecule has 0 aliphatic carbocycles. The molecule has 5 aromatic rings. The second-order valence-electron chi connectivity index (χ2n) is 6.88. The minimum absolute atomic E-state index is 0.402. The van der Waals surface area contributed by atoms with E-state index in [0.29, 0.717) is 23.2 Å². The van der Waals surface area contributed by atoms with Crippen molar-refractivity contribution in [3.8, 4) is 17.1 Å². The predicted octanol–water partition coefficient (Wildman–Crippen LogP) is 4.22. The Balaban J connectivity index is 1.46. The van der Waals surface area contributed by atoms with Gasteiger partial charge in [-0.05, 0) is 36.2 Å². The molecule has 0 aliphatic heterocycles. The van der Waals surface area contributed by atoms with E-state index < -0.39 is 0 Å². The van der Waals surface area contributed by atoms with Crippen molar-refractivity contribution >= 4 is 28.3 Å². The molecular formula is C21H17ClN6O. The van der Waals surface area contributed by atoms with Gasteiger partial charge in [0.05, 0.1) is 16.6 Å². The molecule has 0 saturated heterocycles. The summed E-state index contributed by atoms with van der Waals surface area (Å²) in [6.45, 7) is 2.41. The number of ether oxygens (including phenoxy) is 1. The van der Waals surface area contributed by atoms with E-state index in [1.54, 1.807) is 21.7 Å². The third kappa shape index (κ3) is 3.19. The van der Waals surface area contributed by atoms with Crippen LogP contribution in [-0.4, -0.2) is 29.4 Å². The van der Waals surface area contributed by atoms with Gasteiger partial charge >= 0.3 is 0 Å². The third-order valence-electron chi connectivity index (χ3n) is 4.74. The van der Waals surface area contributed by atoms with Gasteiger partial charge in [0.25, 0.3) is 0 Å². The van der Waals surface area contributed by atoms with Gasteiger partial charge in [-0.25, -0.2) is 14.5 Å². The summed E-state index contributed by atoms with van der Waals surface area (Å²) in [4.78, 5) is 9.11. The lowest BCUT2D eigenvalue weighted by Crippen LogP contribution is -1.97. The number of nitrogens with zero attached hydrogens (tertiary/aromatic N) is 6. The van der Waals surface area contributed by atoms with Crippen LogP contribution in [0, 0.1) is 6.92 Å². The maximum absolute atomic E-state index is 6.22. The highest BCUT2D eigenvalue weighted by atomic mass is 35.5. The van der Waals surface area contributed by atoms with Crippen LogP contribution in [0.2, 0.25) is 5.02 Å². The van der Waals surface area contributed by atoms with Crippen LogP contribution in [-0.2, 0) is 13.7 Å². The number of hydrogen-bond donors (Lipinski definition) is 0. The standard InChI is InChI=1S/C21H17ClN6O/c1-13-6-7-17(22)18(8-13)29-11-14-4-3-5-15(9-14)19-25-21-16-10-24-27(2)20(16)23-12-28(21)26-19/h3-10,12H,11H2,1-2H3. The maximum Gasteiger partial charge on any atom is 0.182 e. The van der Waals surface area contributed by atoms with Crippen molar-refractivity contribution < 1.29 is 4.74 Å². The van der Waals surface area contributed by atoms with E-state index in [1.807, 2.05) is 56.4 Å². The van der Waals surface area contributed by atoms with Gasteiger partial charge in [0.15, 0.2) is 17.1 Å². The van der Waals surface area contributed by atoms with Crippen LogP contribution >= 0.6 is 11.6 Å². The van der Waals surface area contributed by atoms with Crippen LogP contribution in [0.1, 0.15) is 11.1 Å². The van der Waals surface area contributed by atoms with Crippen LogP contribution in [0.3, 0.4) is 0 Å². The van der Waals surface area contributed by atoms with E-state index in [-0.39, 0.29) is 0 Å². The zero-order chi connectivity index (χ0) is 20.0. The van der Waals surface area contributed by atoms with Gasteiger partial charge in [0.1, 0.15) is 18.7 Å². The van der Waals surface area contributed by atoms with Crippen molar-refractivity contribution in [3.63, 3.8) is 0 Å². The van der Waals surface area contributed by atoms with Crippen LogP contribution in [0.4, 0.5) is 0 Å². The highest BCUT2D eigenvalue weighted by molar-refractivity contribution is 6.32. The number of aryl methyl sites for hydroxylation is 2. The number of rotatable bonds is 4. The lowest BCUT2D eigenvalue weighted by atomic mass is 10.1. The van der Waals surface area contributed by atoms with Crippen molar-refractivity contribution in [1.82, 2.24) is 29.4 Å². The van der Waals surface area contributed by atoms with Crippen molar-refractivity contribution in [2.45, 2.75) is 13.5 Å². The Morgan fingerprint density at radius 1 is 1.10 bits per heavy atom. The van der Waals surface area contributed by atoms with Crippen molar-refractivity contribution in [3.05, 3.63) is 71.1 Å². The molecule has 7 nitrogen and oxygen atoms in total. The Labute approximate surface area is 171 Å². The maximum atomic E-state index is 6.22. The first kappa shape index (κ1) is 17.6. The van der Waals surface area contributed by atoms with E-state index in [2.05, 4.69) is 15.2 Å². The van der Waals surface area contributed by atoms with E-state index >= 15 is 0 Å². The van der Waals surface area contributed by atoms with E-state index in [0.717, 1.165) is 33.4 Å². The number of benzene rings is 2. The summed E-state index contributed by atoms with van der Waals surface area (Å²) < 4.78 is 9.31. The molecule has 3 aromatic heterocycles. The third-order valence-corrected chi connectivity index (χ3v) is 5.05. The van der Waals surface area contributed by atoms with Gasteiger partial charge < -0.3 is 4.74 Å². The molecule has 8 heteroatoms. The van der Waals surface area contributed by atoms with Crippen LogP contribution in [0.15, 0.2) is 55.0 Å². The average Bonchev–Trinajstić information content (AvgIpc) is 3.32. The SMILES string of the molecule is Cc1ccc(Cl)c(OCc2cccc(-c3nc4c5cnn(C)c5ncn4n3)c2)c1. The van der Waals surface area contributed by atoms with Crippen molar-refractivity contribution in [1.29, 1.82) is 0 Å². The summed E-state index contributed by atoms with van der Waals surface area (Å²) in [5.74, 6) is 1.30. The van der Waals surface area contributed by atoms with Crippen molar-refractivity contribution in [2.75, 3.05) is 0 Å². The first-order valence-electron chi connectivity index (χ1n) is 9.10. The van der Waals surface area contributed by atoms with E-state index in [9.17, 15) is 0 Å². The smallest absolute Gasteiger partial charge is 0.182 e. The molecule has 0 aliphatic rings. The van der Waals surface area contributed by atoms with Crippen LogP contribution in [0.25, 0.3) is 28.1 Å². The topological polar surface area (TPSA) is 70.1 Å². The minimum atomic E-state index is 0.402. The van der Waals surface area contributed by atoms with Crippen LogP contribution in [0.5, 0.6) is 5.75 Å². The fraction of sp³-hybridized carbons (Fsp3) is 0.143. The van der Waals surface area contributed by atoms with Gasteiger partial charge in [-0.1, -0.05) is 35.9 Å². The lowest BCUT2D eigenvalue weighted by Gasteiger charge is -2.09. The quantitative estimate of drug-likeness (QED) is 0.448. The van der Waals surface area contributed by atoms with Crippen molar-refractivity contribution in [2.24, 2.45) is 7.05 Å². The summed E-state index contributed by atoms with van der Waals surface area (Å²) in [6, 6.07) is 13.7. The Bertz CT molecular complexity index is 1360. The van der Waals surface area contributed by atoms with E-state index in [4.69, 9.17) is 21.3 Å². The van der Waals surface area contributed by atoms with Gasteiger partial charge in [-0.3, -0.25) is 4.68 Å². The molecule has 0 spiro atoms. The summed E-state index contributed by atoms with van der Waals surface area (Å²) >= 11 is 6.22. The predicted molar refractivity (Wildman–Crippen MR) is 111 cm³/mol. The molecule has 0 fully saturated rings. The highest BCUT2D eigenvalue weighted by Gasteiger charge is 2.13. The molecule has 144 valence electrons. The molecule has 0 saturated carbocycles.